The summed E-state index contributed by atoms with van der Waals surface area (Å²) in [5, 5.41) is 4.41. The van der Waals surface area contributed by atoms with Gasteiger partial charge in [0.25, 0.3) is 17.5 Å². The minimum Gasteiger partial charge on any atom is -0.331 e. The Bertz CT molecular complexity index is 3920. The van der Waals surface area contributed by atoms with Crippen LogP contribution in [0.2, 0.25) is 40.2 Å². The van der Waals surface area contributed by atoms with Gasteiger partial charge in [-0.2, -0.15) is 0 Å². The first-order chi connectivity index (χ1) is 38.9. The van der Waals surface area contributed by atoms with E-state index in [1.807, 2.05) is 194 Å². The molecular weight excluding hydrogens is 1190 g/mol. The smallest absolute Gasteiger partial charge is 0.331 e. The molecule has 8 bridgehead atoms. The first-order valence-electron chi connectivity index (χ1n) is 24.8. The Hall–Kier alpha value is -6.83. The van der Waals surface area contributed by atoms with Gasteiger partial charge in [0.05, 0.1) is 16.7 Å². The van der Waals surface area contributed by atoms with Crippen LogP contribution in [0.5, 0.6) is 0 Å². The maximum Gasteiger partial charge on any atom is 2.00 e. The molecule has 0 radical (unpaired) electrons. The minimum atomic E-state index is 0. The Morgan fingerprint density at radius 1 is 0.222 bits per heavy atom. The van der Waals surface area contributed by atoms with Gasteiger partial charge in [-0.05, 0) is 142 Å². The van der Waals surface area contributed by atoms with Crippen LogP contribution in [0.15, 0.2) is 194 Å². The fraction of sp³-hybridized carbons (Fsp3) is 0. The van der Waals surface area contributed by atoms with Crippen LogP contribution >= 0.6 is 92.8 Å². The molecule has 0 saturated carbocycles. The van der Waals surface area contributed by atoms with Crippen molar-refractivity contribution in [3.05, 3.63) is 280 Å². The standard InChI is InChI=1S/C64H32Cl8N8.Mg/c65-41-17-1-33(2-18-41)49-50(34-3-19-42(66)20-4-34)58-73-57(49)77-59-51(35-5-21-43(67)22-6-35)52(36-7-23-44(68)24-8-36)61(74-59)79-63-55(39-13-29-47(71)30-14-39)56(40-15-31-48(72)32-16-40)64(76-63)80-62-54(38-11-27-46(70)28-12-38)53(60(75-62)78-58)37-9-25-45(69)26-10-37;/h1-32H;/q-2;+2/p+2. The van der Waals surface area contributed by atoms with E-state index in [2.05, 4.69) is 9.97 Å². The number of benzene rings is 8. The Morgan fingerprint density at radius 2 is 0.370 bits per heavy atom. The van der Waals surface area contributed by atoms with Crippen LogP contribution < -0.4 is 19.9 Å². The van der Waals surface area contributed by atoms with E-state index in [-0.39, 0.29) is 23.1 Å². The van der Waals surface area contributed by atoms with Crippen LogP contribution in [-0.4, -0.2) is 43.0 Å². The Morgan fingerprint density at radius 3 is 0.531 bits per heavy atom. The van der Waals surface area contributed by atoms with E-state index in [0.29, 0.717) is 131 Å². The molecule has 8 aromatic carbocycles. The van der Waals surface area contributed by atoms with E-state index in [0.717, 1.165) is 44.5 Å². The van der Waals surface area contributed by atoms with Gasteiger partial charge >= 0.3 is 23.1 Å². The predicted octanol–water partition coefficient (Wildman–Crippen LogP) is 17.5. The number of halogens is 8. The van der Waals surface area contributed by atoms with Gasteiger partial charge in [-0.3, -0.25) is 9.97 Å². The van der Waals surface area contributed by atoms with Crippen LogP contribution in [-0.2, 0) is 0 Å². The van der Waals surface area contributed by atoms with Gasteiger partial charge in [0.2, 0.25) is 0 Å². The summed E-state index contributed by atoms with van der Waals surface area (Å²) in [5.41, 5.74) is 12.9. The molecule has 81 heavy (non-hydrogen) atoms. The first kappa shape index (κ1) is 54.7. The van der Waals surface area contributed by atoms with Crippen LogP contribution in [0.3, 0.4) is 0 Å². The maximum atomic E-state index is 6.63. The number of hydrogen-bond donors (Lipinski definition) is 0. The second-order valence-corrected chi connectivity index (χ2v) is 22.2. The Labute approximate surface area is 520 Å². The second kappa shape index (κ2) is 22.8. The van der Waals surface area contributed by atoms with Gasteiger partial charge in [-0.25, -0.2) is 4.98 Å². The number of fused-ring (bicyclic) bond motifs is 8. The molecule has 0 unspecified atom stereocenters. The minimum absolute atomic E-state index is 0. The third-order valence-electron chi connectivity index (χ3n) is 13.7. The first-order valence-corrected chi connectivity index (χ1v) is 27.8. The van der Waals surface area contributed by atoms with Crippen molar-refractivity contribution in [3.8, 4) is 44.5 Å². The van der Waals surface area contributed by atoms with Crippen molar-refractivity contribution in [1.29, 1.82) is 0 Å². The molecule has 386 valence electrons. The molecule has 0 fully saturated rings. The molecule has 2 aliphatic heterocycles. The van der Waals surface area contributed by atoms with Crippen LogP contribution in [0.1, 0.15) is 45.6 Å². The van der Waals surface area contributed by atoms with E-state index in [1.165, 1.54) is 0 Å². The van der Waals surface area contributed by atoms with Crippen molar-refractivity contribution < 1.29 is 9.97 Å². The Balaban J connectivity index is 0.00000651. The summed E-state index contributed by atoms with van der Waals surface area (Å²) in [5.74, 6) is 1.67. The number of H-pyrrole nitrogens is 2. The third-order valence-corrected chi connectivity index (χ3v) is 15.7. The summed E-state index contributed by atoms with van der Waals surface area (Å²) in [6, 6.07) is 60.5. The summed E-state index contributed by atoms with van der Waals surface area (Å²) in [4.78, 5) is 40.7. The van der Waals surface area contributed by atoms with Crippen molar-refractivity contribution >= 4 is 161 Å². The molecule has 2 aliphatic rings. The van der Waals surface area contributed by atoms with Gasteiger partial charge in [-0.15, -0.1) is 0 Å². The number of nitrogens with one attached hydrogen (secondary N) is 2. The largest absolute Gasteiger partial charge is 2.00 e. The van der Waals surface area contributed by atoms with Gasteiger partial charge in [0, 0.05) is 73.7 Å². The normalized spacial score (nSPS) is 12.2. The molecule has 0 amide bonds. The zero-order chi connectivity index (χ0) is 54.8. The second-order valence-electron chi connectivity index (χ2n) is 18.7. The zero-order valence-electron chi connectivity index (χ0n) is 41.9. The Kier molecular flexibility index (Phi) is 15.4. The van der Waals surface area contributed by atoms with Gasteiger partial charge in [-0.1, -0.05) is 205 Å². The maximum absolute atomic E-state index is 6.63. The van der Waals surface area contributed by atoms with E-state index in [9.17, 15) is 0 Å². The average Bonchev–Trinajstić information content (AvgIpc) is 4.35. The fourth-order valence-corrected chi connectivity index (χ4v) is 11.1. The van der Waals surface area contributed by atoms with Crippen molar-refractivity contribution in [2.45, 2.75) is 0 Å². The molecule has 0 atom stereocenters. The number of aromatic amines is 2. The summed E-state index contributed by atoms with van der Waals surface area (Å²) < 4.78 is 0. The monoisotopic (exact) mass is 1220 g/mol. The van der Waals surface area contributed by atoms with Gasteiger partial charge in [0.15, 0.2) is 16.9 Å². The number of nitrogens with zero attached hydrogens (tertiary/aromatic N) is 6. The molecule has 0 spiro atoms. The molecular formula is C64H34Cl8MgN8+2. The van der Waals surface area contributed by atoms with E-state index in [4.69, 9.17) is 123 Å². The number of hydrogen-bond acceptors (Lipinski definition) is 4. The predicted molar refractivity (Wildman–Crippen MR) is 331 cm³/mol. The van der Waals surface area contributed by atoms with Crippen molar-refractivity contribution in [2.24, 2.45) is 0 Å². The van der Waals surface area contributed by atoms with Gasteiger partial charge < -0.3 is 9.97 Å². The summed E-state index contributed by atoms with van der Waals surface area (Å²) in [7, 11) is 0. The molecule has 2 N–H and O–H groups in total. The number of aromatic nitrogens is 8. The zero-order valence-corrected chi connectivity index (χ0v) is 49.4. The van der Waals surface area contributed by atoms with Crippen LogP contribution in [0.25, 0.3) is 89.4 Å². The summed E-state index contributed by atoms with van der Waals surface area (Å²) in [6.07, 6.45) is 0. The van der Waals surface area contributed by atoms with E-state index in [1.54, 1.807) is 0 Å². The van der Waals surface area contributed by atoms with Gasteiger partial charge in [0.1, 0.15) is 5.82 Å². The summed E-state index contributed by atoms with van der Waals surface area (Å²) >= 11 is 53.0. The average molecular weight is 1220 g/mol. The molecule has 13 rings (SSSR count). The SMILES string of the molecule is Clc1ccc(C2=C(c3ccc(Cl)cc3)c3nc4[n-]c(nc5[nH+]c(nc6[n-]c(nc2[nH+]3)c(-c2ccc(Cl)cc2)c6-c2ccc(Cl)cc2)C(c2ccc(Cl)cc2)=C5c2ccc(Cl)cc2)c(-c2ccc(Cl)cc2)c4-c2ccc(Cl)cc2)cc1.[Mg+2]. The van der Waals surface area contributed by atoms with Crippen molar-refractivity contribution in [2.75, 3.05) is 0 Å². The number of rotatable bonds is 8. The molecule has 0 saturated heterocycles. The molecule has 17 heteroatoms. The molecule has 11 aromatic rings. The third kappa shape index (κ3) is 10.8. The van der Waals surface area contributed by atoms with Crippen LogP contribution in [0.4, 0.5) is 0 Å². The van der Waals surface area contributed by atoms with E-state index >= 15 is 0 Å². The molecule has 0 aliphatic carbocycles. The summed E-state index contributed by atoms with van der Waals surface area (Å²) in [6.45, 7) is 0. The fourth-order valence-electron chi connectivity index (χ4n) is 10.1. The van der Waals surface area contributed by atoms with Crippen molar-refractivity contribution in [3.63, 3.8) is 0 Å². The van der Waals surface area contributed by atoms with Crippen LogP contribution in [0, 0.1) is 0 Å². The topological polar surface area (TPSA) is 108 Å². The molecule has 3 aromatic heterocycles. The molecule has 8 nitrogen and oxygen atoms in total. The molecule has 5 heterocycles. The van der Waals surface area contributed by atoms with E-state index < -0.39 is 0 Å². The quantitative estimate of drug-likeness (QED) is 0.140. The van der Waals surface area contributed by atoms with Crippen molar-refractivity contribution in [1.82, 2.24) is 29.9 Å².